The van der Waals surface area contributed by atoms with Crippen LogP contribution in [0, 0.1) is 20.2 Å². The average molecular weight is 384 g/mol. The fraction of sp³-hybridized carbons (Fsp3) is 0.917. The number of carbonyl (C=O) groups excluding carboxylic acids is 1. The minimum Gasteiger partial charge on any atom is -0.457 e. The molecule has 0 aromatic carbocycles. The third kappa shape index (κ3) is 9.26. The van der Waals surface area contributed by atoms with Crippen LogP contribution >= 0.6 is 12.6 Å². The molecule has 25 heavy (non-hydrogen) atoms. The van der Waals surface area contributed by atoms with Crippen LogP contribution in [-0.2, 0) is 28.7 Å². The SMILES string of the molecule is O=C(CCC[C@H](CO[N+](=O)[O-])O[N+](=O)[O-])O[C@H]1COC[C@@H]1OCCS. The molecule has 0 spiro atoms. The number of rotatable bonds is 13. The summed E-state index contributed by atoms with van der Waals surface area (Å²) in [5, 5.41) is 18.3. The van der Waals surface area contributed by atoms with Gasteiger partial charge in [-0.05, 0) is 12.8 Å². The highest BCUT2D eigenvalue weighted by atomic mass is 32.1. The highest BCUT2D eigenvalue weighted by molar-refractivity contribution is 7.80. The van der Waals surface area contributed by atoms with Gasteiger partial charge in [-0.15, -0.1) is 20.2 Å². The maximum Gasteiger partial charge on any atom is 0.306 e. The van der Waals surface area contributed by atoms with E-state index in [1.54, 1.807) is 0 Å². The van der Waals surface area contributed by atoms with E-state index in [0.29, 0.717) is 19.0 Å². The molecule has 1 fully saturated rings. The van der Waals surface area contributed by atoms with Gasteiger partial charge >= 0.3 is 5.97 Å². The van der Waals surface area contributed by atoms with Gasteiger partial charge in [0, 0.05) is 12.2 Å². The number of hydrogen-bond donors (Lipinski definition) is 1. The normalized spacial score (nSPS) is 20.7. The number of thiol groups is 1. The van der Waals surface area contributed by atoms with Gasteiger partial charge in [0.1, 0.15) is 18.8 Å². The smallest absolute Gasteiger partial charge is 0.306 e. The first-order valence-electron chi connectivity index (χ1n) is 7.50. The molecule has 0 amide bonds. The van der Waals surface area contributed by atoms with Crippen LogP contribution in [0.3, 0.4) is 0 Å². The first-order chi connectivity index (χ1) is 11.9. The van der Waals surface area contributed by atoms with E-state index in [1.807, 2.05) is 0 Å². The number of esters is 1. The van der Waals surface area contributed by atoms with Crippen LogP contribution in [0.15, 0.2) is 0 Å². The summed E-state index contributed by atoms with van der Waals surface area (Å²) < 4.78 is 15.9. The van der Waals surface area contributed by atoms with E-state index in [9.17, 15) is 25.0 Å². The summed E-state index contributed by atoms with van der Waals surface area (Å²) in [6, 6.07) is 0. The van der Waals surface area contributed by atoms with Gasteiger partial charge in [0.05, 0.1) is 19.8 Å². The molecule has 13 heteroatoms. The molecule has 0 unspecified atom stereocenters. The van der Waals surface area contributed by atoms with Gasteiger partial charge in [-0.2, -0.15) is 12.6 Å². The van der Waals surface area contributed by atoms with Crippen molar-refractivity contribution in [3.05, 3.63) is 20.2 Å². The fourth-order valence-corrected chi connectivity index (χ4v) is 2.22. The summed E-state index contributed by atoms with van der Waals surface area (Å²) in [6.45, 7) is 0.357. The predicted octanol–water partition coefficient (Wildman–Crippen LogP) is 0.199. The van der Waals surface area contributed by atoms with Crippen molar-refractivity contribution in [3.63, 3.8) is 0 Å². The van der Waals surface area contributed by atoms with Gasteiger partial charge < -0.3 is 23.9 Å². The molecular weight excluding hydrogens is 364 g/mol. The highest BCUT2D eigenvalue weighted by Crippen LogP contribution is 2.15. The van der Waals surface area contributed by atoms with Crippen LogP contribution in [0.25, 0.3) is 0 Å². The van der Waals surface area contributed by atoms with Crippen molar-refractivity contribution >= 4 is 18.6 Å². The second kappa shape index (κ2) is 11.7. The summed E-state index contributed by atoms with van der Waals surface area (Å²) in [7, 11) is 0. The average Bonchev–Trinajstić information content (AvgIpc) is 2.96. The number of carbonyl (C=O) groups is 1. The number of hydrogen-bond acceptors (Lipinski definition) is 11. The topological polar surface area (TPSA) is 149 Å². The molecule has 0 radical (unpaired) electrons. The minimum absolute atomic E-state index is 0.0185. The summed E-state index contributed by atoms with van der Waals surface area (Å²) >= 11 is 4.03. The number of nitrogens with zero attached hydrogens (tertiary/aromatic N) is 2. The molecule has 1 heterocycles. The lowest BCUT2D eigenvalue weighted by Crippen LogP contribution is -2.32. The van der Waals surface area contributed by atoms with E-state index >= 15 is 0 Å². The zero-order valence-corrected chi connectivity index (χ0v) is 14.2. The summed E-state index contributed by atoms with van der Waals surface area (Å²) in [5.41, 5.74) is 0. The molecule has 1 saturated heterocycles. The van der Waals surface area contributed by atoms with Gasteiger partial charge in [-0.1, -0.05) is 0 Å². The van der Waals surface area contributed by atoms with E-state index in [2.05, 4.69) is 22.3 Å². The van der Waals surface area contributed by atoms with E-state index in [-0.39, 0.29) is 32.0 Å². The van der Waals surface area contributed by atoms with Crippen molar-refractivity contribution in [2.24, 2.45) is 0 Å². The Hall–Kier alpha value is -1.86. The zero-order valence-electron chi connectivity index (χ0n) is 13.3. The monoisotopic (exact) mass is 384 g/mol. The lowest BCUT2D eigenvalue weighted by molar-refractivity contribution is -0.790. The first kappa shape index (κ1) is 21.2. The van der Waals surface area contributed by atoms with Crippen molar-refractivity contribution < 1.29 is 38.9 Å². The second-order valence-corrected chi connectivity index (χ2v) is 5.51. The quantitative estimate of drug-likeness (QED) is 0.202. The van der Waals surface area contributed by atoms with Gasteiger partial charge in [0.2, 0.25) is 0 Å². The molecule has 0 bridgehead atoms. The maximum absolute atomic E-state index is 11.8. The molecule has 144 valence electrons. The van der Waals surface area contributed by atoms with Crippen LogP contribution in [0.1, 0.15) is 19.3 Å². The van der Waals surface area contributed by atoms with Crippen LogP contribution in [0.5, 0.6) is 0 Å². The van der Waals surface area contributed by atoms with Gasteiger partial charge in [-0.3, -0.25) is 4.79 Å². The van der Waals surface area contributed by atoms with Crippen molar-refractivity contribution in [1.82, 2.24) is 0 Å². The summed E-state index contributed by atoms with van der Waals surface area (Å²) in [5.74, 6) is 0.00586. The molecule has 0 N–H and O–H groups in total. The van der Waals surface area contributed by atoms with Crippen LogP contribution in [0.4, 0.5) is 0 Å². The van der Waals surface area contributed by atoms with Crippen LogP contribution in [0.2, 0.25) is 0 Å². The maximum atomic E-state index is 11.8. The van der Waals surface area contributed by atoms with Gasteiger partial charge in [-0.25, -0.2) is 0 Å². The second-order valence-electron chi connectivity index (χ2n) is 5.06. The fourth-order valence-electron chi connectivity index (χ4n) is 2.12. The van der Waals surface area contributed by atoms with E-state index in [4.69, 9.17) is 14.2 Å². The molecule has 1 aliphatic heterocycles. The van der Waals surface area contributed by atoms with E-state index in [1.165, 1.54) is 0 Å². The lowest BCUT2D eigenvalue weighted by Gasteiger charge is -2.18. The zero-order chi connectivity index (χ0) is 18.7. The summed E-state index contributed by atoms with van der Waals surface area (Å²) in [4.78, 5) is 40.6. The first-order valence-corrected chi connectivity index (χ1v) is 8.13. The standard InChI is InChI=1S/C12H20N2O10S/c15-12(23-11-8-20-7-10(11)21-4-5-25)3-1-2-9(24-14(18)19)6-22-13(16)17/h9-11,25H,1-8H2/t9-,10+,11+/m1/s1. The Labute approximate surface area is 148 Å². The Morgan fingerprint density at radius 1 is 1.24 bits per heavy atom. The molecule has 0 aliphatic carbocycles. The third-order valence-corrected chi connectivity index (χ3v) is 3.38. The Bertz CT molecular complexity index is 452. The number of ether oxygens (including phenoxy) is 3. The predicted molar refractivity (Wildman–Crippen MR) is 83.0 cm³/mol. The Kier molecular flexibility index (Phi) is 9.87. The van der Waals surface area contributed by atoms with E-state index < -0.39 is 35.0 Å². The molecule has 3 atom stereocenters. The van der Waals surface area contributed by atoms with Crippen molar-refractivity contribution in [3.8, 4) is 0 Å². The van der Waals surface area contributed by atoms with Gasteiger partial charge in [0.15, 0.2) is 6.10 Å². The molecule has 0 saturated carbocycles. The minimum atomic E-state index is -1.14. The molecule has 12 nitrogen and oxygen atoms in total. The molecule has 0 aromatic rings. The van der Waals surface area contributed by atoms with Crippen LogP contribution < -0.4 is 0 Å². The van der Waals surface area contributed by atoms with Crippen molar-refractivity contribution in [1.29, 1.82) is 0 Å². The molecule has 1 rings (SSSR count). The molecule has 1 aliphatic rings. The molecule has 0 aromatic heterocycles. The lowest BCUT2D eigenvalue weighted by atomic mass is 10.1. The van der Waals surface area contributed by atoms with Crippen LogP contribution in [-0.4, -0.2) is 66.6 Å². The van der Waals surface area contributed by atoms with E-state index in [0.717, 1.165) is 0 Å². The summed E-state index contributed by atoms with van der Waals surface area (Å²) in [6.07, 6.45) is -1.86. The Balaban J connectivity index is 2.30. The Morgan fingerprint density at radius 2 is 1.96 bits per heavy atom. The molecular formula is C12H20N2O10S. The highest BCUT2D eigenvalue weighted by Gasteiger charge is 2.32. The van der Waals surface area contributed by atoms with Gasteiger partial charge in [0.25, 0.3) is 10.2 Å². The Morgan fingerprint density at radius 3 is 2.60 bits per heavy atom. The van der Waals surface area contributed by atoms with Crippen molar-refractivity contribution in [2.45, 2.75) is 37.6 Å². The largest absolute Gasteiger partial charge is 0.457 e. The third-order valence-electron chi connectivity index (χ3n) is 3.19. The van der Waals surface area contributed by atoms with Crippen molar-refractivity contribution in [2.75, 3.05) is 32.2 Å².